The van der Waals surface area contributed by atoms with Gasteiger partial charge in [0.25, 0.3) is 0 Å². The molecular weight excluding hydrogens is 238 g/mol. The van der Waals surface area contributed by atoms with E-state index in [1.54, 1.807) is 23.0 Å². The fraction of sp³-hybridized carbons (Fsp3) is 0.700. The van der Waals surface area contributed by atoms with Crippen LogP contribution < -0.4 is 5.32 Å². The van der Waals surface area contributed by atoms with Crippen LogP contribution in [0.2, 0.25) is 0 Å². The molecule has 0 aliphatic carbocycles. The molecule has 1 saturated heterocycles. The summed E-state index contributed by atoms with van der Waals surface area (Å²) in [5, 5.41) is 17.3. The maximum Gasteiger partial charge on any atom is 0.234 e. The van der Waals surface area contributed by atoms with Gasteiger partial charge in [-0.05, 0) is 12.5 Å². The normalized spacial score (nSPS) is 24.8. The van der Waals surface area contributed by atoms with Gasteiger partial charge in [-0.25, -0.2) is 0 Å². The molecule has 1 aliphatic heterocycles. The Hall–Kier alpha value is -1.05. The van der Waals surface area contributed by atoms with E-state index in [9.17, 15) is 0 Å². The van der Waals surface area contributed by atoms with Crippen LogP contribution in [0, 0.1) is 5.92 Å². The summed E-state index contributed by atoms with van der Waals surface area (Å²) in [5.74, 6) is 1.89. The van der Waals surface area contributed by atoms with Crippen molar-refractivity contribution in [3.05, 3.63) is 10.8 Å². The molecule has 0 aromatic carbocycles. The monoisotopic (exact) mass is 253 g/mol. The SMILES string of the molecule is COCc1nnc2sc([C@@H]3CNC[C@H]3C)nn12. The van der Waals surface area contributed by atoms with Gasteiger partial charge in [-0.3, -0.25) is 0 Å². The Balaban J connectivity index is 1.96. The zero-order valence-corrected chi connectivity index (χ0v) is 10.7. The van der Waals surface area contributed by atoms with E-state index < -0.39 is 0 Å². The first-order valence-corrected chi connectivity index (χ1v) is 6.52. The molecule has 1 fully saturated rings. The lowest BCUT2D eigenvalue weighted by Gasteiger charge is -2.08. The van der Waals surface area contributed by atoms with Gasteiger partial charge < -0.3 is 10.1 Å². The fourth-order valence-electron chi connectivity index (χ4n) is 2.18. The van der Waals surface area contributed by atoms with E-state index >= 15 is 0 Å². The van der Waals surface area contributed by atoms with Crippen LogP contribution in [-0.2, 0) is 11.3 Å². The van der Waals surface area contributed by atoms with E-state index in [1.165, 1.54) is 0 Å². The van der Waals surface area contributed by atoms with Crippen LogP contribution in [0.25, 0.3) is 4.96 Å². The molecule has 17 heavy (non-hydrogen) atoms. The highest BCUT2D eigenvalue weighted by Crippen LogP contribution is 2.30. The first-order chi connectivity index (χ1) is 8.29. The zero-order chi connectivity index (χ0) is 11.8. The highest BCUT2D eigenvalue weighted by Gasteiger charge is 2.28. The highest BCUT2D eigenvalue weighted by molar-refractivity contribution is 7.16. The van der Waals surface area contributed by atoms with Crippen molar-refractivity contribution < 1.29 is 4.74 Å². The molecule has 0 saturated carbocycles. The number of methoxy groups -OCH3 is 1. The third kappa shape index (κ3) is 1.84. The summed E-state index contributed by atoms with van der Waals surface area (Å²) in [6.45, 7) is 4.77. The Bertz CT molecular complexity index is 522. The lowest BCUT2D eigenvalue weighted by molar-refractivity contribution is 0.176. The number of hydrogen-bond donors (Lipinski definition) is 1. The second-order valence-corrected chi connectivity index (χ2v) is 5.41. The number of aromatic nitrogens is 4. The van der Waals surface area contributed by atoms with Crippen molar-refractivity contribution in [1.29, 1.82) is 0 Å². The first kappa shape index (κ1) is 11.1. The molecule has 6 nitrogen and oxygen atoms in total. The van der Waals surface area contributed by atoms with Crippen LogP contribution in [0.5, 0.6) is 0 Å². The second kappa shape index (κ2) is 4.32. The van der Waals surface area contributed by atoms with Crippen molar-refractivity contribution in [2.24, 2.45) is 5.92 Å². The molecule has 2 aromatic rings. The lowest BCUT2D eigenvalue weighted by atomic mass is 9.99. The van der Waals surface area contributed by atoms with Crippen LogP contribution in [0.3, 0.4) is 0 Å². The van der Waals surface area contributed by atoms with E-state index in [4.69, 9.17) is 4.74 Å². The van der Waals surface area contributed by atoms with E-state index in [0.717, 1.165) is 28.9 Å². The highest BCUT2D eigenvalue weighted by atomic mass is 32.1. The Morgan fingerprint density at radius 1 is 1.47 bits per heavy atom. The third-order valence-corrected chi connectivity index (χ3v) is 4.21. The largest absolute Gasteiger partial charge is 0.377 e. The molecule has 0 radical (unpaired) electrons. The first-order valence-electron chi connectivity index (χ1n) is 5.70. The van der Waals surface area contributed by atoms with Crippen LogP contribution in [0.15, 0.2) is 0 Å². The molecule has 1 aliphatic rings. The molecule has 2 atom stereocenters. The Morgan fingerprint density at radius 3 is 3.06 bits per heavy atom. The van der Waals surface area contributed by atoms with Crippen molar-refractivity contribution in [1.82, 2.24) is 25.1 Å². The third-order valence-electron chi connectivity index (χ3n) is 3.18. The molecule has 0 bridgehead atoms. The van der Waals surface area contributed by atoms with Gasteiger partial charge in [-0.1, -0.05) is 18.3 Å². The number of hydrogen-bond acceptors (Lipinski definition) is 6. The van der Waals surface area contributed by atoms with Gasteiger partial charge >= 0.3 is 0 Å². The average molecular weight is 253 g/mol. The predicted octanol–water partition coefficient (Wildman–Crippen LogP) is 0.655. The number of ether oxygens (including phenoxy) is 1. The van der Waals surface area contributed by atoms with E-state index in [-0.39, 0.29) is 0 Å². The zero-order valence-electron chi connectivity index (χ0n) is 9.88. The van der Waals surface area contributed by atoms with Crippen LogP contribution >= 0.6 is 11.3 Å². The Labute approximate surface area is 103 Å². The summed E-state index contributed by atoms with van der Waals surface area (Å²) in [7, 11) is 1.65. The van der Waals surface area contributed by atoms with Gasteiger partial charge in [0, 0.05) is 19.6 Å². The molecule has 1 N–H and O–H groups in total. The molecule has 3 rings (SSSR count). The molecule has 2 aromatic heterocycles. The van der Waals surface area contributed by atoms with Gasteiger partial charge in [-0.15, -0.1) is 10.2 Å². The van der Waals surface area contributed by atoms with Crippen molar-refractivity contribution in [3.8, 4) is 0 Å². The average Bonchev–Trinajstić information content (AvgIpc) is 2.95. The quantitative estimate of drug-likeness (QED) is 0.870. The Kier molecular flexibility index (Phi) is 2.81. The maximum absolute atomic E-state index is 5.08. The number of rotatable bonds is 3. The number of nitrogens with zero attached hydrogens (tertiary/aromatic N) is 4. The lowest BCUT2D eigenvalue weighted by Crippen LogP contribution is -2.08. The van der Waals surface area contributed by atoms with Crippen molar-refractivity contribution in [2.45, 2.75) is 19.4 Å². The minimum Gasteiger partial charge on any atom is -0.377 e. The predicted molar refractivity (Wildman–Crippen MR) is 64.1 cm³/mol. The van der Waals surface area contributed by atoms with Crippen LogP contribution in [0.1, 0.15) is 23.7 Å². The Morgan fingerprint density at radius 2 is 2.35 bits per heavy atom. The van der Waals surface area contributed by atoms with E-state index in [2.05, 4.69) is 27.5 Å². The number of nitrogens with one attached hydrogen (secondary N) is 1. The summed E-state index contributed by atoms with van der Waals surface area (Å²) in [4.78, 5) is 0.853. The van der Waals surface area contributed by atoms with Gasteiger partial charge in [0.2, 0.25) is 4.96 Å². The summed E-state index contributed by atoms with van der Waals surface area (Å²) in [6.07, 6.45) is 0. The van der Waals surface area contributed by atoms with Gasteiger partial charge in [0.05, 0.1) is 0 Å². The molecular formula is C10H15N5OS. The summed E-state index contributed by atoms with van der Waals surface area (Å²) in [5.41, 5.74) is 0. The fourth-order valence-corrected chi connectivity index (χ4v) is 3.27. The minimum atomic E-state index is 0.447. The van der Waals surface area contributed by atoms with Gasteiger partial charge in [0.1, 0.15) is 11.6 Å². The van der Waals surface area contributed by atoms with Gasteiger partial charge in [-0.2, -0.15) is 9.61 Å². The van der Waals surface area contributed by atoms with Crippen molar-refractivity contribution in [2.75, 3.05) is 20.2 Å². The smallest absolute Gasteiger partial charge is 0.234 e. The van der Waals surface area contributed by atoms with E-state index in [0.29, 0.717) is 18.4 Å². The van der Waals surface area contributed by atoms with Crippen molar-refractivity contribution >= 4 is 16.3 Å². The number of fused-ring (bicyclic) bond motifs is 1. The van der Waals surface area contributed by atoms with E-state index in [1.807, 2.05) is 0 Å². The second-order valence-electron chi connectivity index (χ2n) is 4.43. The molecule has 0 spiro atoms. The van der Waals surface area contributed by atoms with Crippen LogP contribution in [0.4, 0.5) is 0 Å². The molecule has 7 heteroatoms. The topological polar surface area (TPSA) is 64.3 Å². The molecule has 0 amide bonds. The van der Waals surface area contributed by atoms with Gasteiger partial charge in [0.15, 0.2) is 5.82 Å². The molecule has 3 heterocycles. The maximum atomic E-state index is 5.08. The standard InChI is InChI=1S/C10H15N5OS/c1-6-3-11-4-7(6)9-14-15-8(5-16-2)12-13-10(15)17-9/h6-7,11H,3-5H2,1-2H3/t6-,7-/m1/s1. The minimum absolute atomic E-state index is 0.447. The summed E-state index contributed by atoms with van der Waals surface area (Å²) in [6, 6.07) is 0. The summed E-state index contributed by atoms with van der Waals surface area (Å²) < 4.78 is 6.88. The summed E-state index contributed by atoms with van der Waals surface area (Å²) >= 11 is 1.63. The molecule has 92 valence electrons. The van der Waals surface area contributed by atoms with Crippen molar-refractivity contribution in [3.63, 3.8) is 0 Å². The molecule has 0 unspecified atom stereocenters. The van der Waals surface area contributed by atoms with Crippen LogP contribution in [-0.4, -0.2) is 40.0 Å².